The van der Waals surface area contributed by atoms with Crippen molar-refractivity contribution in [3.63, 3.8) is 0 Å². The van der Waals surface area contributed by atoms with E-state index in [4.69, 9.17) is 4.74 Å². The quantitative estimate of drug-likeness (QED) is 0.720. The molecule has 148 valence electrons. The Labute approximate surface area is 161 Å². The van der Waals surface area contributed by atoms with Crippen LogP contribution in [-0.2, 0) is 12.7 Å². The Morgan fingerprint density at radius 3 is 2.74 bits per heavy atom. The van der Waals surface area contributed by atoms with E-state index in [1.807, 2.05) is 0 Å². The van der Waals surface area contributed by atoms with E-state index in [9.17, 15) is 13.2 Å². The summed E-state index contributed by atoms with van der Waals surface area (Å²) in [4.78, 5) is 7.93. The molecule has 1 aliphatic heterocycles. The summed E-state index contributed by atoms with van der Waals surface area (Å²) in [6.07, 6.45) is -1.04. The third kappa shape index (κ3) is 4.38. The van der Waals surface area contributed by atoms with Gasteiger partial charge in [-0.2, -0.15) is 13.2 Å². The maximum atomic E-state index is 13.3. The average Bonchev–Trinajstić information content (AvgIpc) is 3.27. The monoisotopic (exact) mass is 399 g/mol. The molecule has 2 aromatic rings. The van der Waals surface area contributed by atoms with E-state index in [2.05, 4.69) is 22.1 Å². The number of likely N-dealkylation sites (tertiary alicyclic amines) is 1. The van der Waals surface area contributed by atoms with Gasteiger partial charge in [-0.25, -0.2) is 4.98 Å². The average molecular weight is 399 g/mol. The van der Waals surface area contributed by atoms with E-state index >= 15 is 0 Å². The zero-order valence-electron chi connectivity index (χ0n) is 15.7. The van der Waals surface area contributed by atoms with Crippen LogP contribution in [0.15, 0.2) is 18.2 Å². The van der Waals surface area contributed by atoms with E-state index in [0.717, 1.165) is 36.4 Å². The minimum absolute atomic E-state index is 0.178. The predicted octanol–water partition coefficient (Wildman–Crippen LogP) is 5.25. The number of anilines is 1. The van der Waals surface area contributed by atoms with Crippen molar-refractivity contribution in [1.29, 1.82) is 0 Å². The van der Waals surface area contributed by atoms with Crippen LogP contribution in [0.5, 0.6) is 5.75 Å². The van der Waals surface area contributed by atoms with Crippen LogP contribution in [0.4, 0.5) is 18.3 Å². The molecule has 0 radical (unpaired) electrons. The molecule has 1 aliphatic rings. The molecule has 4 nitrogen and oxygen atoms in total. The number of benzene rings is 1. The molecule has 0 saturated carbocycles. The lowest BCUT2D eigenvalue weighted by Crippen LogP contribution is -2.28. The summed E-state index contributed by atoms with van der Waals surface area (Å²) in [5, 5.41) is 3.71. The van der Waals surface area contributed by atoms with Crippen LogP contribution in [-0.4, -0.2) is 36.6 Å². The topological polar surface area (TPSA) is 37.4 Å². The molecule has 1 N–H and O–H groups in total. The second-order valence-electron chi connectivity index (χ2n) is 6.66. The van der Waals surface area contributed by atoms with Crippen molar-refractivity contribution in [3.8, 4) is 17.0 Å². The van der Waals surface area contributed by atoms with Gasteiger partial charge in [-0.3, -0.25) is 4.90 Å². The van der Waals surface area contributed by atoms with Gasteiger partial charge in [-0.05, 0) is 44.0 Å². The fourth-order valence-corrected chi connectivity index (χ4v) is 4.52. The molecule has 3 rings (SSSR count). The molecular weight excluding hydrogens is 375 g/mol. The summed E-state index contributed by atoms with van der Waals surface area (Å²) in [5.41, 5.74) is 0.298. The van der Waals surface area contributed by atoms with Gasteiger partial charge in [0.25, 0.3) is 0 Å². The smallest absolute Gasteiger partial charge is 0.416 e. The number of hydrogen-bond acceptors (Lipinski definition) is 5. The minimum Gasteiger partial charge on any atom is -0.497 e. The van der Waals surface area contributed by atoms with Gasteiger partial charge in [0, 0.05) is 30.1 Å². The Morgan fingerprint density at radius 1 is 1.33 bits per heavy atom. The first-order chi connectivity index (χ1) is 12.9. The number of nitrogens with zero attached hydrogens (tertiary/aromatic N) is 2. The van der Waals surface area contributed by atoms with E-state index in [1.165, 1.54) is 24.9 Å². The molecule has 1 aromatic carbocycles. The summed E-state index contributed by atoms with van der Waals surface area (Å²) in [6, 6.07) is 4.31. The number of alkyl halides is 3. The molecule has 0 spiro atoms. The number of aromatic nitrogens is 1. The molecule has 8 heteroatoms. The highest BCUT2D eigenvalue weighted by Crippen LogP contribution is 2.39. The Balaban J connectivity index is 2.02. The number of halogens is 3. The van der Waals surface area contributed by atoms with Crippen LogP contribution >= 0.6 is 11.3 Å². The number of thiazole rings is 1. The fraction of sp³-hybridized carbons (Fsp3) is 0.526. The minimum atomic E-state index is -4.44. The Morgan fingerprint density at radius 2 is 2.11 bits per heavy atom. The summed E-state index contributed by atoms with van der Waals surface area (Å²) < 4.78 is 45.0. The predicted molar refractivity (Wildman–Crippen MR) is 102 cm³/mol. The highest BCUT2D eigenvalue weighted by molar-refractivity contribution is 7.16. The first-order valence-corrected chi connectivity index (χ1v) is 9.85. The Hall–Kier alpha value is -1.80. The van der Waals surface area contributed by atoms with Crippen molar-refractivity contribution in [2.75, 3.05) is 26.0 Å². The fourth-order valence-electron chi connectivity index (χ4n) is 3.56. The van der Waals surface area contributed by atoms with Crippen molar-refractivity contribution in [1.82, 2.24) is 9.88 Å². The van der Waals surface area contributed by atoms with E-state index in [-0.39, 0.29) is 5.75 Å². The number of methoxy groups -OCH3 is 1. The van der Waals surface area contributed by atoms with Crippen molar-refractivity contribution in [2.24, 2.45) is 0 Å². The van der Waals surface area contributed by atoms with Gasteiger partial charge in [0.05, 0.1) is 18.4 Å². The number of rotatable bonds is 6. The number of ether oxygens (including phenoxy) is 1. The molecule has 2 heterocycles. The summed E-state index contributed by atoms with van der Waals surface area (Å²) >= 11 is 1.49. The number of hydrogen-bond donors (Lipinski definition) is 1. The molecule has 27 heavy (non-hydrogen) atoms. The lowest BCUT2D eigenvalue weighted by atomic mass is 10.1. The van der Waals surface area contributed by atoms with Gasteiger partial charge in [-0.15, -0.1) is 11.3 Å². The second kappa shape index (κ2) is 8.06. The van der Waals surface area contributed by atoms with Gasteiger partial charge in [0.1, 0.15) is 5.75 Å². The summed E-state index contributed by atoms with van der Waals surface area (Å²) in [5.74, 6) is 0.178. The summed E-state index contributed by atoms with van der Waals surface area (Å²) in [7, 11) is 3.14. The molecule has 1 saturated heterocycles. The molecule has 0 amide bonds. The standard InChI is InChI=1S/C19H24F3N3OS/c1-4-14-6-5-7-25(14)11-16-17(24-18(23-2)27-16)12-8-13(19(20,21)22)10-15(9-12)26-3/h8-10,14H,4-7,11H2,1-3H3,(H,23,24). The lowest BCUT2D eigenvalue weighted by Gasteiger charge is -2.23. The highest BCUT2D eigenvalue weighted by Gasteiger charge is 2.32. The zero-order chi connectivity index (χ0) is 19.6. The number of nitrogens with one attached hydrogen (secondary N) is 1. The van der Waals surface area contributed by atoms with Gasteiger partial charge in [0.15, 0.2) is 5.13 Å². The third-order valence-electron chi connectivity index (χ3n) is 4.97. The van der Waals surface area contributed by atoms with Crippen molar-refractivity contribution in [2.45, 2.75) is 44.9 Å². The molecule has 1 atom stereocenters. The molecule has 1 fully saturated rings. The normalized spacial score (nSPS) is 18.1. The van der Waals surface area contributed by atoms with Gasteiger partial charge < -0.3 is 10.1 Å². The molecule has 1 aromatic heterocycles. The lowest BCUT2D eigenvalue weighted by molar-refractivity contribution is -0.137. The van der Waals surface area contributed by atoms with Crippen molar-refractivity contribution >= 4 is 16.5 Å². The van der Waals surface area contributed by atoms with E-state index in [1.54, 1.807) is 13.1 Å². The van der Waals surface area contributed by atoms with Crippen LogP contribution in [0.1, 0.15) is 36.6 Å². The zero-order valence-corrected chi connectivity index (χ0v) is 16.5. The van der Waals surface area contributed by atoms with E-state index < -0.39 is 11.7 Å². The highest BCUT2D eigenvalue weighted by atomic mass is 32.1. The van der Waals surface area contributed by atoms with E-state index in [0.29, 0.717) is 29.0 Å². The van der Waals surface area contributed by atoms with Crippen LogP contribution in [0.2, 0.25) is 0 Å². The Bertz CT molecular complexity index is 791. The van der Waals surface area contributed by atoms with Gasteiger partial charge >= 0.3 is 6.18 Å². The molecule has 0 bridgehead atoms. The SMILES string of the molecule is CCC1CCCN1Cc1sc(NC)nc1-c1cc(OC)cc(C(F)(F)F)c1. The van der Waals surface area contributed by atoms with Gasteiger partial charge in [0.2, 0.25) is 0 Å². The Kier molecular flexibility index (Phi) is 5.95. The second-order valence-corrected chi connectivity index (χ2v) is 7.75. The summed E-state index contributed by atoms with van der Waals surface area (Å²) in [6.45, 7) is 3.88. The van der Waals surface area contributed by atoms with Crippen LogP contribution in [0, 0.1) is 0 Å². The molecule has 0 aliphatic carbocycles. The third-order valence-corrected chi connectivity index (χ3v) is 6.03. The maximum Gasteiger partial charge on any atom is 0.416 e. The maximum absolute atomic E-state index is 13.3. The van der Waals surface area contributed by atoms with Crippen LogP contribution in [0.25, 0.3) is 11.3 Å². The first-order valence-electron chi connectivity index (χ1n) is 9.03. The molecular formula is C19H24F3N3OS. The van der Waals surface area contributed by atoms with Crippen molar-refractivity contribution in [3.05, 3.63) is 28.6 Å². The van der Waals surface area contributed by atoms with Crippen LogP contribution < -0.4 is 10.1 Å². The molecule has 1 unspecified atom stereocenters. The largest absolute Gasteiger partial charge is 0.497 e. The van der Waals surface area contributed by atoms with Crippen molar-refractivity contribution < 1.29 is 17.9 Å². The first kappa shape index (κ1) is 19.9. The van der Waals surface area contributed by atoms with Gasteiger partial charge in [-0.1, -0.05) is 6.92 Å². The van der Waals surface area contributed by atoms with Crippen LogP contribution in [0.3, 0.4) is 0 Å².